The maximum atomic E-state index is 11.8. The first kappa shape index (κ1) is 15.1. The van der Waals surface area contributed by atoms with Crippen LogP contribution in [-0.2, 0) is 9.53 Å². The fourth-order valence-corrected chi connectivity index (χ4v) is 1.40. The number of likely N-dealkylation sites (N-methyl/N-ethyl adjacent to an activating group) is 1. The van der Waals surface area contributed by atoms with E-state index < -0.39 is 5.97 Å². The molecule has 1 aromatic rings. The van der Waals surface area contributed by atoms with E-state index in [1.54, 1.807) is 14.1 Å². The number of rotatable bonds is 4. The first-order valence-corrected chi connectivity index (χ1v) is 5.75. The second-order valence-corrected chi connectivity index (χ2v) is 4.35. The van der Waals surface area contributed by atoms with Gasteiger partial charge in [0.2, 0.25) is 0 Å². The molecule has 7 heteroatoms. The van der Waals surface area contributed by atoms with Crippen LogP contribution in [-0.4, -0.2) is 44.6 Å². The van der Waals surface area contributed by atoms with Crippen LogP contribution < -0.4 is 10.5 Å². The summed E-state index contributed by atoms with van der Waals surface area (Å²) in [5, 5.41) is 0.215. The largest absolute Gasteiger partial charge is 0.496 e. The number of methoxy groups -OCH3 is 1. The Morgan fingerprint density at radius 3 is 2.53 bits per heavy atom. The van der Waals surface area contributed by atoms with E-state index in [9.17, 15) is 9.59 Å². The number of anilines is 1. The van der Waals surface area contributed by atoms with Gasteiger partial charge in [0.05, 0.1) is 17.8 Å². The Kier molecular flexibility index (Phi) is 5.00. The molecule has 0 aromatic heterocycles. The third-order valence-corrected chi connectivity index (χ3v) is 2.69. The van der Waals surface area contributed by atoms with Crippen molar-refractivity contribution in [3.8, 4) is 5.75 Å². The minimum atomic E-state index is -0.700. The van der Waals surface area contributed by atoms with Crippen molar-refractivity contribution in [3.63, 3.8) is 0 Å². The second kappa shape index (κ2) is 6.29. The summed E-state index contributed by atoms with van der Waals surface area (Å²) in [7, 11) is 4.53. The lowest BCUT2D eigenvalue weighted by Crippen LogP contribution is -2.27. The Morgan fingerprint density at radius 1 is 1.37 bits per heavy atom. The molecule has 1 rings (SSSR count). The number of nitrogens with two attached hydrogens (primary N) is 1. The maximum absolute atomic E-state index is 11.8. The van der Waals surface area contributed by atoms with Crippen LogP contribution in [0.4, 0.5) is 5.69 Å². The predicted molar refractivity (Wildman–Crippen MR) is 71.4 cm³/mol. The summed E-state index contributed by atoms with van der Waals surface area (Å²) in [6.45, 7) is -0.350. The summed E-state index contributed by atoms with van der Waals surface area (Å²) in [5.41, 5.74) is 6.01. The quantitative estimate of drug-likeness (QED) is 0.664. The highest BCUT2D eigenvalue weighted by molar-refractivity contribution is 6.33. The number of halogens is 1. The molecular weight excluding hydrogens is 272 g/mol. The van der Waals surface area contributed by atoms with Gasteiger partial charge in [-0.2, -0.15) is 0 Å². The van der Waals surface area contributed by atoms with E-state index in [1.807, 2.05) is 0 Å². The third-order valence-electron chi connectivity index (χ3n) is 2.36. The van der Waals surface area contributed by atoms with Crippen LogP contribution in [0.3, 0.4) is 0 Å². The first-order chi connectivity index (χ1) is 8.86. The fraction of sp³-hybridized carbons (Fsp3) is 0.333. The Bertz CT molecular complexity index is 503. The Labute approximate surface area is 116 Å². The van der Waals surface area contributed by atoms with Crippen molar-refractivity contribution in [1.29, 1.82) is 0 Å². The van der Waals surface area contributed by atoms with E-state index in [-0.39, 0.29) is 28.8 Å². The number of hydrogen-bond acceptors (Lipinski definition) is 5. The number of carbonyl (C=O) groups excluding carboxylic acids is 2. The number of benzene rings is 1. The number of esters is 1. The van der Waals surface area contributed by atoms with Gasteiger partial charge in [0.25, 0.3) is 5.91 Å². The highest BCUT2D eigenvalue weighted by Gasteiger charge is 2.18. The van der Waals surface area contributed by atoms with Crippen molar-refractivity contribution in [2.45, 2.75) is 0 Å². The van der Waals surface area contributed by atoms with Gasteiger partial charge >= 0.3 is 5.97 Å². The SMILES string of the molecule is COc1cc(N)c(Cl)cc1C(=O)OCC(=O)N(C)C. The number of hydrogen-bond donors (Lipinski definition) is 1. The molecule has 0 saturated carbocycles. The molecule has 0 aliphatic rings. The van der Waals surface area contributed by atoms with Crippen LogP contribution in [0.2, 0.25) is 5.02 Å². The van der Waals surface area contributed by atoms with Crippen molar-refractivity contribution in [2.75, 3.05) is 33.5 Å². The lowest BCUT2D eigenvalue weighted by atomic mass is 10.2. The van der Waals surface area contributed by atoms with Gasteiger partial charge in [-0.3, -0.25) is 4.79 Å². The van der Waals surface area contributed by atoms with Gasteiger partial charge in [-0.15, -0.1) is 0 Å². The number of amides is 1. The van der Waals surface area contributed by atoms with Crippen molar-refractivity contribution in [1.82, 2.24) is 4.90 Å². The van der Waals surface area contributed by atoms with Crippen LogP contribution in [0, 0.1) is 0 Å². The summed E-state index contributed by atoms with van der Waals surface area (Å²) in [4.78, 5) is 24.5. The Hall–Kier alpha value is -1.95. The minimum absolute atomic E-state index is 0.119. The second-order valence-electron chi connectivity index (χ2n) is 3.94. The van der Waals surface area contributed by atoms with Crippen LogP contribution in [0.25, 0.3) is 0 Å². The number of carbonyl (C=O) groups is 2. The molecule has 1 aromatic carbocycles. The zero-order chi connectivity index (χ0) is 14.6. The number of nitrogen functional groups attached to an aromatic ring is 1. The molecule has 0 heterocycles. The summed E-state index contributed by atoms with van der Waals surface area (Å²) < 4.78 is 9.90. The summed E-state index contributed by atoms with van der Waals surface area (Å²) in [6.07, 6.45) is 0. The number of ether oxygens (including phenoxy) is 2. The van der Waals surface area contributed by atoms with Crippen LogP contribution in [0.15, 0.2) is 12.1 Å². The summed E-state index contributed by atoms with van der Waals surface area (Å²) in [6, 6.07) is 2.77. The Balaban J connectivity index is 2.88. The summed E-state index contributed by atoms with van der Waals surface area (Å²) in [5.74, 6) is -0.785. The number of nitrogens with zero attached hydrogens (tertiary/aromatic N) is 1. The van der Waals surface area contributed by atoms with Gasteiger partial charge < -0.3 is 20.1 Å². The van der Waals surface area contributed by atoms with E-state index in [2.05, 4.69) is 0 Å². The zero-order valence-electron chi connectivity index (χ0n) is 10.9. The third kappa shape index (κ3) is 3.75. The van der Waals surface area contributed by atoms with E-state index in [1.165, 1.54) is 24.1 Å². The molecule has 0 spiro atoms. The van der Waals surface area contributed by atoms with E-state index >= 15 is 0 Å². The van der Waals surface area contributed by atoms with Crippen molar-refractivity contribution in [3.05, 3.63) is 22.7 Å². The molecule has 0 atom stereocenters. The lowest BCUT2D eigenvalue weighted by molar-refractivity contribution is -0.131. The highest BCUT2D eigenvalue weighted by atomic mass is 35.5. The van der Waals surface area contributed by atoms with Gasteiger partial charge in [-0.05, 0) is 6.07 Å². The first-order valence-electron chi connectivity index (χ1n) is 5.37. The van der Waals surface area contributed by atoms with Crippen LogP contribution >= 0.6 is 11.6 Å². The highest BCUT2D eigenvalue weighted by Crippen LogP contribution is 2.29. The molecule has 0 radical (unpaired) electrons. The molecule has 104 valence electrons. The molecule has 2 N–H and O–H groups in total. The normalized spacial score (nSPS) is 9.89. The summed E-state index contributed by atoms with van der Waals surface area (Å²) >= 11 is 5.84. The van der Waals surface area contributed by atoms with Gasteiger partial charge in [-0.1, -0.05) is 11.6 Å². The molecule has 0 unspecified atom stereocenters. The average molecular weight is 287 g/mol. The van der Waals surface area contributed by atoms with Gasteiger partial charge in [0.15, 0.2) is 6.61 Å². The minimum Gasteiger partial charge on any atom is -0.496 e. The topological polar surface area (TPSA) is 81.9 Å². The Morgan fingerprint density at radius 2 is 2.00 bits per heavy atom. The average Bonchev–Trinajstić information content (AvgIpc) is 2.37. The van der Waals surface area contributed by atoms with Crippen LogP contribution in [0.5, 0.6) is 5.75 Å². The molecule has 0 fully saturated rings. The molecule has 0 bridgehead atoms. The van der Waals surface area contributed by atoms with Crippen molar-refractivity contribution < 1.29 is 19.1 Å². The van der Waals surface area contributed by atoms with E-state index in [0.29, 0.717) is 5.69 Å². The molecule has 6 nitrogen and oxygen atoms in total. The lowest BCUT2D eigenvalue weighted by Gasteiger charge is -2.12. The smallest absolute Gasteiger partial charge is 0.342 e. The monoisotopic (exact) mass is 286 g/mol. The van der Waals surface area contributed by atoms with E-state index in [4.69, 9.17) is 26.8 Å². The van der Waals surface area contributed by atoms with Crippen LogP contribution in [0.1, 0.15) is 10.4 Å². The fourth-order valence-electron chi connectivity index (χ4n) is 1.23. The van der Waals surface area contributed by atoms with Gasteiger partial charge in [0, 0.05) is 20.2 Å². The van der Waals surface area contributed by atoms with Gasteiger partial charge in [-0.25, -0.2) is 4.79 Å². The maximum Gasteiger partial charge on any atom is 0.342 e. The van der Waals surface area contributed by atoms with Crippen molar-refractivity contribution >= 4 is 29.2 Å². The molecule has 0 aliphatic carbocycles. The predicted octanol–water partition coefficient (Wildman–Crippen LogP) is 1.18. The van der Waals surface area contributed by atoms with E-state index in [0.717, 1.165) is 0 Å². The standard InChI is InChI=1S/C12H15ClN2O4/c1-15(2)11(16)6-19-12(17)7-4-8(13)9(14)5-10(7)18-3/h4-5H,6,14H2,1-3H3. The molecular formula is C12H15ClN2O4. The van der Waals surface area contributed by atoms with Gasteiger partial charge in [0.1, 0.15) is 11.3 Å². The molecule has 0 aliphatic heterocycles. The molecule has 1 amide bonds. The molecule has 0 saturated heterocycles. The zero-order valence-corrected chi connectivity index (χ0v) is 11.7. The van der Waals surface area contributed by atoms with Crippen molar-refractivity contribution in [2.24, 2.45) is 0 Å². The molecule has 19 heavy (non-hydrogen) atoms.